The van der Waals surface area contributed by atoms with E-state index in [-0.39, 0.29) is 12.0 Å². The molecule has 1 aliphatic rings. The lowest BCUT2D eigenvalue weighted by Crippen LogP contribution is -2.42. The van der Waals surface area contributed by atoms with Gasteiger partial charge in [0.15, 0.2) is 0 Å². The van der Waals surface area contributed by atoms with Gasteiger partial charge in [0, 0.05) is 38.1 Å². The predicted octanol–water partition coefficient (Wildman–Crippen LogP) is 1.79. The van der Waals surface area contributed by atoms with Gasteiger partial charge >= 0.3 is 0 Å². The molecule has 0 spiro atoms. The summed E-state index contributed by atoms with van der Waals surface area (Å²) in [6.07, 6.45) is 3.00. The highest BCUT2D eigenvalue weighted by Gasteiger charge is 2.28. The molecule has 7 heteroatoms. The van der Waals surface area contributed by atoms with Gasteiger partial charge in [-0.25, -0.2) is 4.98 Å². The van der Waals surface area contributed by atoms with Gasteiger partial charge in [0.2, 0.25) is 0 Å². The number of amides is 1. The average Bonchev–Trinajstić information content (AvgIpc) is 2.67. The summed E-state index contributed by atoms with van der Waals surface area (Å²) in [5, 5.41) is 3.03. The van der Waals surface area contributed by atoms with Gasteiger partial charge < -0.3 is 19.9 Å². The van der Waals surface area contributed by atoms with Crippen molar-refractivity contribution in [3.8, 4) is 0 Å². The Morgan fingerprint density at radius 2 is 2.00 bits per heavy atom. The highest BCUT2D eigenvalue weighted by Crippen LogP contribution is 2.25. The van der Waals surface area contributed by atoms with Gasteiger partial charge in [-0.15, -0.1) is 0 Å². The Balaban J connectivity index is 1.72. The summed E-state index contributed by atoms with van der Waals surface area (Å²) in [4.78, 5) is 25.5. The number of nitrogens with one attached hydrogen (secondary N) is 1. The SMILES string of the molecule is CNc1nccnc1C1CN(C(=O)c2ccc(CN(C)C)cc2)CCO1. The summed E-state index contributed by atoms with van der Waals surface area (Å²) in [5.41, 5.74) is 2.61. The molecule has 1 aromatic heterocycles. The van der Waals surface area contributed by atoms with E-state index in [2.05, 4.69) is 20.2 Å². The lowest BCUT2D eigenvalue weighted by Gasteiger charge is -2.33. The first-order valence-electron chi connectivity index (χ1n) is 8.71. The molecule has 0 radical (unpaired) electrons. The third kappa shape index (κ3) is 4.17. The Kier molecular flexibility index (Phi) is 5.80. The second kappa shape index (κ2) is 8.25. The van der Waals surface area contributed by atoms with Crippen molar-refractivity contribution in [1.29, 1.82) is 0 Å². The summed E-state index contributed by atoms with van der Waals surface area (Å²) in [5.74, 6) is 0.699. The fourth-order valence-corrected chi connectivity index (χ4v) is 3.08. The molecule has 2 heterocycles. The van der Waals surface area contributed by atoms with Crippen molar-refractivity contribution in [3.05, 3.63) is 53.5 Å². The van der Waals surface area contributed by atoms with E-state index in [4.69, 9.17) is 4.74 Å². The van der Waals surface area contributed by atoms with Crippen LogP contribution < -0.4 is 5.32 Å². The molecule has 1 N–H and O–H groups in total. The van der Waals surface area contributed by atoms with E-state index in [0.717, 1.165) is 12.2 Å². The minimum absolute atomic E-state index is 0.0181. The number of rotatable bonds is 5. The maximum atomic E-state index is 12.9. The zero-order valence-electron chi connectivity index (χ0n) is 15.5. The Morgan fingerprint density at radius 1 is 1.27 bits per heavy atom. The molecule has 138 valence electrons. The predicted molar refractivity (Wildman–Crippen MR) is 100 cm³/mol. The third-order valence-corrected chi connectivity index (χ3v) is 4.32. The van der Waals surface area contributed by atoms with E-state index in [1.54, 1.807) is 19.4 Å². The molecular weight excluding hydrogens is 330 g/mol. The monoisotopic (exact) mass is 355 g/mol. The van der Waals surface area contributed by atoms with Crippen LogP contribution >= 0.6 is 0 Å². The number of ether oxygens (including phenoxy) is 1. The van der Waals surface area contributed by atoms with Gasteiger partial charge in [0.1, 0.15) is 17.6 Å². The van der Waals surface area contributed by atoms with E-state index in [0.29, 0.717) is 31.1 Å². The number of anilines is 1. The molecule has 7 nitrogen and oxygen atoms in total. The van der Waals surface area contributed by atoms with Crippen molar-refractivity contribution in [2.24, 2.45) is 0 Å². The van der Waals surface area contributed by atoms with E-state index >= 15 is 0 Å². The topological polar surface area (TPSA) is 70.6 Å². The highest BCUT2D eigenvalue weighted by atomic mass is 16.5. The first-order chi connectivity index (χ1) is 12.6. The number of nitrogens with zero attached hydrogens (tertiary/aromatic N) is 4. The second-order valence-electron chi connectivity index (χ2n) is 6.59. The molecule has 0 aliphatic carbocycles. The van der Waals surface area contributed by atoms with Crippen molar-refractivity contribution in [3.63, 3.8) is 0 Å². The largest absolute Gasteiger partial charge is 0.372 e. The first kappa shape index (κ1) is 18.3. The highest BCUT2D eigenvalue weighted by molar-refractivity contribution is 5.94. The molecule has 26 heavy (non-hydrogen) atoms. The van der Waals surface area contributed by atoms with Gasteiger partial charge in [0.25, 0.3) is 5.91 Å². The summed E-state index contributed by atoms with van der Waals surface area (Å²) in [6, 6.07) is 7.81. The molecule has 1 atom stereocenters. The van der Waals surface area contributed by atoms with Gasteiger partial charge in [-0.2, -0.15) is 0 Å². The number of hydrogen-bond donors (Lipinski definition) is 1. The molecule has 0 bridgehead atoms. The molecule has 1 amide bonds. The van der Waals surface area contributed by atoms with Crippen LogP contribution in [0.4, 0.5) is 5.82 Å². The lowest BCUT2D eigenvalue weighted by molar-refractivity contribution is -0.0245. The standard InChI is InChI=1S/C19H25N5O2/c1-20-18-17(21-8-9-22-18)16-13-24(10-11-26-16)19(25)15-6-4-14(5-7-15)12-23(2)3/h4-9,16H,10-13H2,1-3H3,(H,20,22). The minimum Gasteiger partial charge on any atom is -0.372 e. The fourth-order valence-electron chi connectivity index (χ4n) is 3.08. The molecule has 3 rings (SSSR count). The van der Waals surface area contributed by atoms with Crippen molar-refractivity contribution < 1.29 is 9.53 Å². The molecule has 2 aromatic rings. The quantitative estimate of drug-likeness (QED) is 0.882. The molecule has 1 unspecified atom stereocenters. The van der Waals surface area contributed by atoms with Crippen LogP contribution in [0.2, 0.25) is 0 Å². The molecule has 1 aliphatic heterocycles. The van der Waals surface area contributed by atoms with E-state index in [1.807, 2.05) is 43.3 Å². The van der Waals surface area contributed by atoms with Crippen LogP contribution in [0, 0.1) is 0 Å². The third-order valence-electron chi connectivity index (χ3n) is 4.32. The van der Waals surface area contributed by atoms with Crippen LogP contribution in [0.25, 0.3) is 0 Å². The number of aromatic nitrogens is 2. The number of benzene rings is 1. The van der Waals surface area contributed by atoms with E-state index in [9.17, 15) is 4.79 Å². The molecule has 1 fully saturated rings. The number of morpholine rings is 1. The Labute approximate surface area is 154 Å². The normalized spacial score (nSPS) is 17.4. The lowest BCUT2D eigenvalue weighted by atomic mass is 10.1. The zero-order valence-corrected chi connectivity index (χ0v) is 15.5. The van der Waals surface area contributed by atoms with Crippen LogP contribution in [-0.4, -0.2) is 66.5 Å². The smallest absolute Gasteiger partial charge is 0.254 e. The summed E-state index contributed by atoms with van der Waals surface area (Å²) in [7, 11) is 5.85. The summed E-state index contributed by atoms with van der Waals surface area (Å²) >= 11 is 0. The van der Waals surface area contributed by atoms with Gasteiger partial charge in [0.05, 0.1) is 13.2 Å². The van der Waals surface area contributed by atoms with Crippen LogP contribution in [0.1, 0.15) is 27.7 Å². The maximum absolute atomic E-state index is 12.9. The van der Waals surface area contributed by atoms with E-state index in [1.165, 1.54) is 5.56 Å². The molecular formula is C19H25N5O2. The Morgan fingerprint density at radius 3 is 2.69 bits per heavy atom. The van der Waals surface area contributed by atoms with Crippen LogP contribution in [0.5, 0.6) is 0 Å². The average molecular weight is 355 g/mol. The maximum Gasteiger partial charge on any atom is 0.254 e. The van der Waals surface area contributed by atoms with Crippen molar-refractivity contribution in [2.75, 3.05) is 46.2 Å². The number of carbonyl (C=O) groups is 1. The summed E-state index contributed by atoms with van der Waals surface area (Å²) in [6.45, 7) is 2.37. The first-order valence-corrected chi connectivity index (χ1v) is 8.71. The molecule has 1 aromatic carbocycles. The van der Waals surface area contributed by atoms with Gasteiger partial charge in [-0.05, 0) is 31.8 Å². The number of hydrogen-bond acceptors (Lipinski definition) is 6. The van der Waals surface area contributed by atoms with Crippen LogP contribution in [-0.2, 0) is 11.3 Å². The van der Waals surface area contributed by atoms with Crippen LogP contribution in [0.15, 0.2) is 36.7 Å². The van der Waals surface area contributed by atoms with Crippen molar-refractivity contribution >= 4 is 11.7 Å². The number of carbonyl (C=O) groups excluding carboxylic acids is 1. The Hall–Kier alpha value is -2.51. The second-order valence-corrected chi connectivity index (χ2v) is 6.59. The Bertz CT molecular complexity index is 748. The van der Waals surface area contributed by atoms with Crippen molar-refractivity contribution in [1.82, 2.24) is 19.8 Å². The van der Waals surface area contributed by atoms with Crippen molar-refractivity contribution in [2.45, 2.75) is 12.6 Å². The van der Waals surface area contributed by atoms with Gasteiger partial charge in [-0.3, -0.25) is 9.78 Å². The zero-order chi connectivity index (χ0) is 18.5. The molecule has 0 saturated carbocycles. The van der Waals surface area contributed by atoms with Crippen LogP contribution in [0.3, 0.4) is 0 Å². The molecule has 1 saturated heterocycles. The summed E-state index contributed by atoms with van der Waals surface area (Å²) < 4.78 is 5.84. The fraction of sp³-hybridized carbons (Fsp3) is 0.421. The minimum atomic E-state index is -0.281. The van der Waals surface area contributed by atoms with E-state index < -0.39 is 0 Å². The van der Waals surface area contributed by atoms with Gasteiger partial charge in [-0.1, -0.05) is 12.1 Å².